The molecule has 0 aliphatic rings. The zero-order valence-corrected chi connectivity index (χ0v) is 10.2. The molecule has 5 heteroatoms. The second-order valence-electron chi connectivity index (χ2n) is 4.29. The Labute approximate surface area is 109 Å². The average Bonchev–Trinajstić information content (AvgIpc) is 2.82. The van der Waals surface area contributed by atoms with Crippen LogP contribution in [0.15, 0.2) is 42.5 Å². The van der Waals surface area contributed by atoms with Gasteiger partial charge in [-0.1, -0.05) is 29.8 Å². The van der Waals surface area contributed by atoms with Crippen LogP contribution in [-0.2, 0) is 0 Å². The summed E-state index contributed by atoms with van der Waals surface area (Å²) in [5, 5.41) is 13.4. The van der Waals surface area contributed by atoms with Crippen molar-refractivity contribution in [3.8, 4) is 11.4 Å². The molecule has 0 spiro atoms. The van der Waals surface area contributed by atoms with E-state index in [0.29, 0.717) is 11.5 Å². The first kappa shape index (κ1) is 11.4. The van der Waals surface area contributed by atoms with Crippen molar-refractivity contribution in [1.29, 1.82) is 0 Å². The number of carbonyl (C=O) groups is 1. The molecule has 94 valence electrons. The van der Waals surface area contributed by atoms with Crippen LogP contribution in [-0.4, -0.2) is 25.7 Å². The molecule has 0 aliphatic carbocycles. The number of hydrogen-bond donors (Lipinski definition) is 1. The number of carboxylic acid groups (broad SMARTS) is 1. The molecule has 0 saturated carbocycles. The zero-order valence-electron chi connectivity index (χ0n) is 10.2. The average molecular weight is 253 g/mol. The molecular weight excluding hydrogens is 242 g/mol. The molecule has 19 heavy (non-hydrogen) atoms. The summed E-state index contributed by atoms with van der Waals surface area (Å²) in [4.78, 5) is 15.5. The molecular formula is C14H11N3O2. The van der Waals surface area contributed by atoms with Crippen LogP contribution in [0.25, 0.3) is 17.0 Å². The number of aryl methyl sites for hydroxylation is 1. The molecule has 0 bridgehead atoms. The highest BCUT2D eigenvalue weighted by Gasteiger charge is 2.12. The van der Waals surface area contributed by atoms with Crippen molar-refractivity contribution in [2.45, 2.75) is 6.92 Å². The van der Waals surface area contributed by atoms with Crippen molar-refractivity contribution < 1.29 is 9.90 Å². The largest absolute Gasteiger partial charge is 0.477 e. The first-order chi connectivity index (χ1) is 9.15. The van der Waals surface area contributed by atoms with Crippen molar-refractivity contribution in [1.82, 2.24) is 14.6 Å². The monoisotopic (exact) mass is 253 g/mol. The number of benzene rings is 1. The predicted octanol–water partition coefficient (Wildman–Crippen LogP) is 2.40. The minimum atomic E-state index is -1.02. The van der Waals surface area contributed by atoms with E-state index >= 15 is 0 Å². The van der Waals surface area contributed by atoms with E-state index in [2.05, 4.69) is 10.1 Å². The van der Waals surface area contributed by atoms with Gasteiger partial charge in [0.05, 0.1) is 0 Å². The molecule has 2 heterocycles. The summed E-state index contributed by atoms with van der Waals surface area (Å²) in [6, 6.07) is 12.7. The van der Waals surface area contributed by atoms with E-state index in [9.17, 15) is 4.79 Å². The summed E-state index contributed by atoms with van der Waals surface area (Å²) in [5.74, 6) is -0.497. The fraction of sp³-hybridized carbons (Fsp3) is 0.0714. The highest BCUT2D eigenvalue weighted by Crippen LogP contribution is 2.18. The first-order valence-corrected chi connectivity index (χ1v) is 5.81. The molecule has 0 unspecified atom stereocenters. The van der Waals surface area contributed by atoms with Gasteiger partial charge in [-0.25, -0.2) is 14.3 Å². The van der Waals surface area contributed by atoms with Gasteiger partial charge < -0.3 is 5.11 Å². The number of aromatic nitrogens is 3. The summed E-state index contributed by atoms with van der Waals surface area (Å²) < 4.78 is 1.35. The van der Waals surface area contributed by atoms with Gasteiger partial charge in [-0.2, -0.15) is 0 Å². The fourth-order valence-corrected chi connectivity index (χ4v) is 1.97. The van der Waals surface area contributed by atoms with E-state index < -0.39 is 5.97 Å². The maximum Gasteiger partial charge on any atom is 0.354 e. The number of pyridine rings is 1. The third-order valence-corrected chi connectivity index (χ3v) is 2.86. The van der Waals surface area contributed by atoms with Crippen LogP contribution in [0.5, 0.6) is 0 Å². The van der Waals surface area contributed by atoms with Gasteiger partial charge in [0.15, 0.2) is 17.2 Å². The van der Waals surface area contributed by atoms with Crippen LogP contribution in [0, 0.1) is 6.92 Å². The van der Waals surface area contributed by atoms with Gasteiger partial charge in [-0.3, -0.25) is 0 Å². The van der Waals surface area contributed by atoms with Gasteiger partial charge in [0.25, 0.3) is 0 Å². The summed E-state index contributed by atoms with van der Waals surface area (Å²) in [6.45, 7) is 1.99. The van der Waals surface area contributed by atoms with Crippen molar-refractivity contribution in [3.63, 3.8) is 0 Å². The lowest BCUT2D eigenvalue weighted by molar-refractivity contribution is 0.0687. The van der Waals surface area contributed by atoms with Gasteiger partial charge in [-0.05, 0) is 25.1 Å². The number of fused-ring (bicyclic) bond motifs is 1. The molecule has 5 nitrogen and oxygen atoms in total. The Morgan fingerprint density at radius 1 is 1.21 bits per heavy atom. The third kappa shape index (κ3) is 1.95. The Balaban J connectivity index is 2.22. The molecule has 0 amide bonds. The van der Waals surface area contributed by atoms with Crippen LogP contribution in [0.3, 0.4) is 0 Å². The van der Waals surface area contributed by atoms with E-state index in [0.717, 1.165) is 11.1 Å². The summed E-state index contributed by atoms with van der Waals surface area (Å²) in [5.41, 5.74) is 2.61. The molecule has 2 aromatic heterocycles. The Kier molecular flexibility index (Phi) is 2.52. The number of rotatable bonds is 2. The Morgan fingerprint density at radius 3 is 2.74 bits per heavy atom. The minimum absolute atomic E-state index is 0.101. The smallest absolute Gasteiger partial charge is 0.354 e. The second-order valence-corrected chi connectivity index (χ2v) is 4.29. The highest BCUT2D eigenvalue weighted by atomic mass is 16.4. The van der Waals surface area contributed by atoms with Crippen molar-refractivity contribution in [2.24, 2.45) is 0 Å². The summed E-state index contributed by atoms with van der Waals surface area (Å²) >= 11 is 0. The SMILES string of the molecule is Cc1cccc(-c2nc3cccc(C(=O)O)n3n2)c1. The molecule has 0 aliphatic heterocycles. The molecule has 0 fully saturated rings. The maximum absolute atomic E-state index is 11.1. The Bertz CT molecular complexity index is 777. The van der Waals surface area contributed by atoms with Crippen LogP contribution in [0.2, 0.25) is 0 Å². The minimum Gasteiger partial charge on any atom is -0.477 e. The van der Waals surface area contributed by atoms with Gasteiger partial charge in [0.1, 0.15) is 0 Å². The quantitative estimate of drug-likeness (QED) is 0.761. The van der Waals surface area contributed by atoms with Gasteiger partial charge in [0, 0.05) is 5.56 Å². The van der Waals surface area contributed by atoms with Crippen molar-refractivity contribution in [2.75, 3.05) is 0 Å². The lowest BCUT2D eigenvalue weighted by Crippen LogP contribution is -2.05. The molecule has 1 N–H and O–H groups in total. The first-order valence-electron chi connectivity index (χ1n) is 5.81. The van der Waals surface area contributed by atoms with Crippen molar-refractivity contribution in [3.05, 3.63) is 53.7 Å². The van der Waals surface area contributed by atoms with E-state index in [1.165, 1.54) is 10.6 Å². The van der Waals surface area contributed by atoms with Gasteiger partial charge in [-0.15, -0.1) is 5.10 Å². The normalized spacial score (nSPS) is 10.8. The Morgan fingerprint density at radius 2 is 2.00 bits per heavy atom. The van der Waals surface area contributed by atoms with Crippen LogP contribution < -0.4 is 0 Å². The Hall–Kier alpha value is -2.69. The standard InChI is InChI=1S/C14H11N3O2/c1-9-4-2-5-10(8-9)13-15-12-7-3-6-11(14(18)19)17(12)16-13/h2-8H,1H3,(H,18,19). The fourth-order valence-electron chi connectivity index (χ4n) is 1.97. The van der Waals surface area contributed by atoms with E-state index in [4.69, 9.17) is 5.11 Å². The summed E-state index contributed by atoms with van der Waals surface area (Å²) in [7, 11) is 0. The summed E-state index contributed by atoms with van der Waals surface area (Å²) in [6.07, 6.45) is 0. The lowest BCUT2D eigenvalue weighted by Gasteiger charge is -1.97. The highest BCUT2D eigenvalue weighted by molar-refractivity contribution is 5.86. The zero-order chi connectivity index (χ0) is 13.4. The van der Waals surface area contributed by atoms with Gasteiger partial charge in [0.2, 0.25) is 0 Å². The van der Waals surface area contributed by atoms with Gasteiger partial charge >= 0.3 is 5.97 Å². The molecule has 1 aromatic carbocycles. The second kappa shape index (κ2) is 4.20. The third-order valence-electron chi connectivity index (χ3n) is 2.86. The predicted molar refractivity (Wildman–Crippen MR) is 70.1 cm³/mol. The van der Waals surface area contributed by atoms with Crippen LogP contribution >= 0.6 is 0 Å². The lowest BCUT2D eigenvalue weighted by atomic mass is 10.1. The van der Waals surface area contributed by atoms with Crippen LogP contribution in [0.4, 0.5) is 0 Å². The van der Waals surface area contributed by atoms with E-state index in [-0.39, 0.29) is 5.69 Å². The van der Waals surface area contributed by atoms with E-state index in [1.54, 1.807) is 12.1 Å². The maximum atomic E-state index is 11.1. The molecule has 3 rings (SSSR count). The van der Waals surface area contributed by atoms with Crippen molar-refractivity contribution >= 4 is 11.6 Å². The number of nitrogens with zero attached hydrogens (tertiary/aromatic N) is 3. The number of carboxylic acids is 1. The van der Waals surface area contributed by atoms with Crippen LogP contribution in [0.1, 0.15) is 16.1 Å². The topological polar surface area (TPSA) is 67.5 Å². The molecule has 0 atom stereocenters. The molecule has 0 radical (unpaired) electrons. The van der Waals surface area contributed by atoms with E-state index in [1.807, 2.05) is 31.2 Å². The number of aromatic carboxylic acids is 1. The molecule has 3 aromatic rings. The number of hydrogen-bond acceptors (Lipinski definition) is 3. The molecule has 0 saturated heterocycles.